The monoisotopic (exact) mass is 373 g/mol. The Kier molecular flexibility index (Phi) is 6.70. The van der Waals surface area contributed by atoms with Crippen LogP contribution in [0, 0.1) is 0 Å². The van der Waals surface area contributed by atoms with Crippen LogP contribution in [-0.2, 0) is 23.9 Å². The van der Waals surface area contributed by atoms with Gasteiger partial charge in [-0.1, -0.05) is 24.3 Å². The molecule has 0 unspecified atom stereocenters. The van der Waals surface area contributed by atoms with E-state index in [1.807, 2.05) is 30.3 Å². The molecule has 0 radical (unpaired) electrons. The van der Waals surface area contributed by atoms with Crippen molar-refractivity contribution >= 4 is 29.8 Å². The number of carbonyl (C=O) groups excluding carboxylic acids is 4. The maximum Gasteiger partial charge on any atom is 0.308 e. The Bertz CT molecular complexity index is 774. The van der Waals surface area contributed by atoms with Gasteiger partial charge in [0.2, 0.25) is 11.8 Å². The number of nitrogens with zero attached hydrogens (tertiary/aromatic N) is 2. The molecule has 0 fully saturated rings. The summed E-state index contributed by atoms with van der Waals surface area (Å²) in [5.74, 6) is -1.60. The standard InChI is InChI=1S/C19H23N3O5/c1-13(23)22-9-8-14-6-4-5-7-15(14)16(22)10-19(26)27-12-18(25)21(3)11-17(24)20-2/h4-9,16H,10-12H2,1-3H3,(H,20,24)/t16-/m0/s1. The maximum absolute atomic E-state index is 12.3. The normalized spacial score (nSPS) is 14.9. The predicted octanol–water partition coefficient (Wildman–Crippen LogP) is 0.698. The number of esters is 1. The van der Waals surface area contributed by atoms with E-state index >= 15 is 0 Å². The molecule has 3 amide bonds. The van der Waals surface area contributed by atoms with Crippen molar-refractivity contribution in [2.75, 3.05) is 27.2 Å². The van der Waals surface area contributed by atoms with Crippen LogP contribution < -0.4 is 5.32 Å². The van der Waals surface area contributed by atoms with Gasteiger partial charge in [-0.05, 0) is 17.2 Å². The Morgan fingerprint density at radius 3 is 2.59 bits per heavy atom. The third-order valence-electron chi connectivity index (χ3n) is 4.27. The highest BCUT2D eigenvalue weighted by molar-refractivity contribution is 5.86. The van der Waals surface area contributed by atoms with E-state index in [9.17, 15) is 19.2 Å². The summed E-state index contributed by atoms with van der Waals surface area (Å²) in [7, 11) is 2.92. The molecule has 1 atom stereocenters. The second-order valence-corrected chi connectivity index (χ2v) is 6.17. The molecule has 1 heterocycles. The van der Waals surface area contributed by atoms with Crippen molar-refractivity contribution in [1.29, 1.82) is 0 Å². The molecule has 2 rings (SSSR count). The number of nitrogens with one attached hydrogen (secondary N) is 1. The maximum atomic E-state index is 12.3. The molecule has 1 aromatic rings. The van der Waals surface area contributed by atoms with Gasteiger partial charge in [0, 0.05) is 27.2 Å². The van der Waals surface area contributed by atoms with Crippen molar-refractivity contribution < 1.29 is 23.9 Å². The van der Waals surface area contributed by atoms with Crippen LogP contribution in [-0.4, -0.2) is 60.7 Å². The van der Waals surface area contributed by atoms with E-state index in [-0.39, 0.29) is 24.8 Å². The molecular formula is C19H23N3O5. The lowest BCUT2D eigenvalue weighted by Gasteiger charge is -2.32. The van der Waals surface area contributed by atoms with E-state index < -0.39 is 24.5 Å². The van der Waals surface area contributed by atoms with Gasteiger partial charge in [0.1, 0.15) is 0 Å². The summed E-state index contributed by atoms with van der Waals surface area (Å²) in [6, 6.07) is 6.98. The molecule has 0 aliphatic carbocycles. The fourth-order valence-corrected chi connectivity index (χ4v) is 2.77. The first-order valence-corrected chi connectivity index (χ1v) is 8.49. The Labute approximate surface area is 157 Å². The van der Waals surface area contributed by atoms with Crippen LogP contribution in [0.2, 0.25) is 0 Å². The average Bonchev–Trinajstić information content (AvgIpc) is 2.65. The van der Waals surface area contributed by atoms with Gasteiger partial charge in [-0.25, -0.2) is 0 Å². The fourth-order valence-electron chi connectivity index (χ4n) is 2.77. The van der Waals surface area contributed by atoms with E-state index in [4.69, 9.17) is 4.74 Å². The minimum Gasteiger partial charge on any atom is -0.455 e. The third kappa shape index (κ3) is 5.16. The van der Waals surface area contributed by atoms with Crippen molar-refractivity contribution in [2.24, 2.45) is 0 Å². The number of benzene rings is 1. The molecule has 27 heavy (non-hydrogen) atoms. The molecule has 0 aromatic heterocycles. The van der Waals surface area contributed by atoms with Gasteiger partial charge in [0.25, 0.3) is 5.91 Å². The lowest BCUT2D eigenvalue weighted by atomic mass is 9.94. The number of amides is 3. The van der Waals surface area contributed by atoms with Gasteiger partial charge < -0.3 is 19.9 Å². The predicted molar refractivity (Wildman–Crippen MR) is 98.0 cm³/mol. The van der Waals surface area contributed by atoms with Crippen molar-refractivity contribution in [3.8, 4) is 0 Å². The van der Waals surface area contributed by atoms with Gasteiger partial charge >= 0.3 is 5.97 Å². The second kappa shape index (κ2) is 8.98. The fraction of sp³-hybridized carbons (Fsp3) is 0.368. The Balaban J connectivity index is 1.99. The van der Waals surface area contributed by atoms with E-state index in [1.54, 1.807) is 6.20 Å². The van der Waals surface area contributed by atoms with Crippen molar-refractivity contribution in [2.45, 2.75) is 19.4 Å². The van der Waals surface area contributed by atoms with Gasteiger partial charge in [-0.3, -0.25) is 19.2 Å². The van der Waals surface area contributed by atoms with Crippen LogP contribution in [0.25, 0.3) is 6.08 Å². The molecule has 0 saturated heterocycles. The van der Waals surface area contributed by atoms with E-state index in [0.29, 0.717) is 0 Å². The second-order valence-electron chi connectivity index (χ2n) is 6.17. The molecule has 1 aromatic carbocycles. The van der Waals surface area contributed by atoms with E-state index in [0.717, 1.165) is 11.1 Å². The molecule has 0 spiro atoms. The molecule has 1 aliphatic rings. The molecule has 8 heteroatoms. The number of ether oxygens (including phenoxy) is 1. The SMILES string of the molecule is CNC(=O)CN(C)C(=O)COC(=O)C[C@H]1c2ccccc2C=CN1C(C)=O. The summed E-state index contributed by atoms with van der Waals surface area (Å²) < 4.78 is 5.06. The van der Waals surface area contributed by atoms with Gasteiger partial charge in [-0.15, -0.1) is 0 Å². The molecule has 1 N–H and O–H groups in total. The number of likely N-dealkylation sites (N-methyl/N-ethyl adjacent to an activating group) is 2. The van der Waals surface area contributed by atoms with Crippen LogP contribution in [0.5, 0.6) is 0 Å². The Morgan fingerprint density at radius 1 is 1.22 bits per heavy atom. The lowest BCUT2D eigenvalue weighted by Crippen LogP contribution is -2.39. The minimum atomic E-state index is -0.599. The summed E-state index contributed by atoms with van der Waals surface area (Å²) in [6.45, 7) is 0.844. The van der Waals surface area contributed by atoms with Crippen LogP contribution >= 0.6 is 0 Å². The molecule has 0 saturated carbocycles. The Morgan fingerprint density at radius 2 is 1.93 bits per heavy atom. The number of rotatable bonds is 6. The molecule has 8 nitrogen and oxygen atoms in total. The summed E-state index contributed by atoms with van der Waals surface area (Å²) in [4.78, 5) is 50.1. The number of hydrogen-bond donors (Lipinski definition) is 1. The lowest BCUT2D eigenvalue weighted by molar-refractivity contribution is -0.153. The minimum absolute atomic E-state index is 0.0760. The van der Waals surface area contributed by atoms with Crippen LogP contribution in [0.3, 0.4) is 0 Å². The number of hydrogen-bond acceptors (Lipinski definition) is 5. The van der Waals surface area contributed by atoms with Gasteiger partial charge in [-0.2, -0.15) is 0 Å². The molecule has 0 bridgehead atoms. The first kappa shape index (κ1) is 20.2. The average molecular weight is 373 g/mol. The zero-order chi connectivity index (χ0) is 20.0. The highest BCUT2D eigenvalue weighted by Crippen LogP contribution is 2.32. The molecule has 144 valence electrons. The van der Waals surface area contributed by atoms with Crippen LogP contribution in [0.4, 0.5) is 0 Å². The summed E-state index contributed by atoms with van der Waals surface area (Å²) in [5.41, 5.74) is 1.77. The van der Waals surface area contributed by atoms with E-state index in [1.165, 1.54) is 30.8 Å². The zero-order valence-corrected chi connectivity index (χ0v) is 15.6. The van der Waals surface area contributed by atoms with Crippen molar-refractivity contribution in [3.05, 3.63) is 41.6 Å². The quantitative estimate of drug-likeness (QED) is 0.741. The van der Waals surface area contributed by atoms with Crippen LogP contribution in [0.15, 0.2) is 30.5 Å². The van der Waals surface area contributed by atoms with Crippen molar-refractivity contribution in [1.82, 2.24) is 15.1 Å². The number of fused-ring (bicyclic) bond motifs is 1. The summed E-state index contributed by atoms with van der Waals surface area (Å²) >= 11 is 0. The number of carbonyl (C=O) groups is 4. The zero-order valence-electron chi connectivity index (χ0n) is 15.6. The third-order valence-corrected chi connectivity index (χ3v) is 4.27. The highest BCUT2D eigenvalue weighted by atomic mass is 16.5. The summed E-state index contributed by atoms with van der Waals surface area (Å²) in [5, 5.41) is 2.41. The molecular weight excluding hydrogens is 350 g/mol. The highest BCUT2D eigenvalue weighted by Gasteiger charge is 2.29. The summed E-state index contributed by atoms with van der Waals surface area (Å²) in [6.07, 6.45) is 3.38. The first-order valence-electron chi connectivity index (χ1n) is 8.49. The van der Waals surface area contributed by atoms with Gasteiger partial charge in [0.05, 0.1) is 19.0 Å². The van der Waals surface area contributed by atoms with E-state index in [2.05, 4.69) is 5.32 Å². The van der Waals surface area contributed by atoms with Crippen molar-refractivity contribution in [3.63, 3.8) is 0 Å². The smallest absolute Gasteiger partial charge is 0.308 e. The largest absolute Gasteiger partial charge is 0.455 e. The Hall–Kier alpha value is -3.16. The van der Waals surface area contributed by atoms with Crippen LogP contribution in [0.1, 0.15) is 30.5 Å². The first-order chi connectivity index (χ1) is 12.8. The molecule has 1 aliphatic heterocycles. The van der Waals surface area contributed by atoms with Gasteiger partial charge in [0.15, 0.2) is 6.61 Å². The topological polar surface area (TPSA) is 96.0 Å².